The lowest BCUT2D eigenvalue weighted by atomic mass is 10.2. The smallest absolute Gasteiger partial charge is 0.257 e. The number of hydrogen-bond donors (Lipinski definition) is 1. The minimum atomic E-state index is -3.55. The van der Waals surface area contributed by atoms with Gasteiger partial charge in [-0.1, -0.05) is 50.4 Å². The number of nitrogens with one attached hydrogen (secondary N) is 1. The number of unbranched alkanes of at least 4 members (excludes halogenated alkanes) is 2. The summed E-state index contributed by atoms with van der Waals surface area (Å²) in [6.45, 7) is 5.12. The molecule has 0 heterocycles. The van der Waals surface area contributed by atoms with Crippen LogP contribution in [0.15, 0.2) is 53.4 Å². The van der Waals surface area contributed by atoms with Crippen LogP contribution >= 0.6 is 11.6 Å². The fraction of sp³-hybridized carbons (Fsp3) is 0.381. The number of hydrogen-bond acceptors (Lipinski definition) is 3. The molecule has 0 atom stereocenters. The van der Waals surface area contributed by atoms with Gasteiger partial charge in [-0.05, 0) is 49.2 Å². The van der Waals surface area contributed by atoms with E-state index in [1.807, 2.05) is 13.8 Å². The highest BCUT2D eigenvalue weighted by molar-refractivity contribution is 7.89. The maximum atomic E-state index is 13.0. The second-order valence-corrected chi connectivity index (χ2v) is 8.91. The lowest BCUT2D eigenvalue weighted by Gasteiger charge is -2.22. The first-order chi connectivity index (χ1) is 13.4. The molecule has 0 aliphatic rings. The Balaban J connectivity index is 2.15. The normalized spacial score (nSPS) is 11.6. The highest BCUT2D eigenvalue weighted by Gasteiger charge is 2.23. The predicted molar refractivity (Wildman–Crippen MR) is 114 cm³/mol. The number of carbonyl (C=O) groups is 1. The molecule has 0 aliphatic carbocycles. The van der Waals surface area contributed by atoms with Crippen LogP contribution in [-0.4, -0.2) is 31.7 Å². The van der Waals surface area contributed by atoms with Gasteiger partial charge in [0.1, 0.15) is 0 Å². The highest BCUT2D eigenvalue weighted by Crippen LogP contribution is 2.21. The van der Waals surface area contributed by atoms with Crippen molar-refractivity contribution < 1.29 is 13.2 Å². The lowest BCUT2D eigenvalue weighted by molar-refractivity contribution is 0.102. The second-order valence-electron chi connectivity index (χ2n) is 6.57. The summed E-state index contributed by atoms with van der Waals surface area (Å²) in [5.41, 5.74) is 0.878. The molecule has 0 bridgehead atoms. The van der Waals surface area contributed by atoms with Crippen molar-refractivity contribution in [1.82, 2.24) is 4.31 Å². The summed E-state index contributed by atoms with van der Waals surface area (Å²) < 4.78 is 27.5. The van der Waals surface area contributed by atoms with E-state index >= 15 is 0 Å². The highest BCUT2D eigenvalue weighted by atomic mass is 35.5. The van der Waals surface area contributed by atoms with Crippen molar-refractivity contribution >= 4 is 33.2 Å². The van der Waals surface area contributed by atoms with Crippen LogP contribution in [0.3, 0.4) is 0 Å². The van der Waals surface area contributed by atoms with Crippen molar-refractivity contribution in [3.05, 3.63) is 59.1 Å². The average molecular weight is 423 g/mol. The van der Waals surface area contributed by atoms with Crippen molar-refractivity contribution in [2.75, 3.05) is 18.4 Å². The third kappa shape index (κ3) is 5.80. The van der Waals surface area contributed by atoms with Gasteiger partial charge in [0.2, 0.25) is 10.0 Å². The minimum absolute atomic E-state index is 0.232. The third-order valence-electron chi connectivity index (χ3n) is 4.39. The van der Waals surface area contributed by atoms with E-state index in [1.54, 1.807) is 40.7 Å². The zero-order chi connectivity index (χ0) is 20.6. The van der Waals surface area contributed by atoms with E-state index in [-0.39, 0.29) is 10.8 Å². The molecular weight excluding hydrogens is 396 g/mol. The van der Waals surface area contributed by atoms with Gasteiger partial charge in [0.25, 0.3) is 5.91 Å². The van der Waals surface area contributed by atoms with Gasteiger partial charge in [-0.3, -0.25) is 4.79 Å². The van der Waals surface area contributed by atoms with Crippen LogP contribution in [0.4, 0.5) is 5.69 Å². The second kappa shape index (κ2) is 10.6. The molecule has 0 saturated carbocycles. The monoisotopic (exact) mass is 422 g/mol. The first-order valence-corrected chi connectivity index (χ1v) is 11.4. The van der Waals surface area contributed by atoms with Crippen molar-refractivity contribution in [2.24, 2.45) is 0 Å². The summed E-state index contributed by atoms with van der Waals surface area (Å²) in [6.07, 6.45) is 3.53. The third-order valence-corrected chi connectivity index (χ3v) is 6.63. The number of benzene rings is 2. The number of sulfonamides is 1. The number of carbonyl (C=O) groups excluding carboxylic acids is 1. The van der Waals surface area contributed by atoms with Gasteiger partial charge in [0.15, 0.2) is 0 Å². The van der Waals surface area contributed by atoms with E-state index in [9.17, 15) is 13.2 Å². The van der Waals surface area contributed by atoms with Gasteiger partial charge in [0.05, 0.1) is 15.5 Å². The van der Waals surface area contributed by atoms with Gasteiger partial charge in [-0.15, -0.1) is 0 Å². The van der Waals surface area contributed by atoms with Gasteiger partial charge in [-0.2, -0.15) is 4.31 Å². The number of anilines is 1. The fourth-order valence-corrected chi connectivity index (χ4v) is 4.46. The van der Waals surface area contributed by atoms with Crippen molar-refractivity contribution in [3.63, 3.8) is 0 Å². The van der Waals surface area contributed by atoms with Gasteiger partial charge in [0, 0.05) is 18.8 Å². The molecule has 0 saturated heterocycles. The van der Waals surface area contributed by atoms with E-state index in [1.165, 1.54) is 12.1 Å². The summed E-state index contributed by atoms with van der Waals surface area (Å²) in [7, 11) is -3.55. The average Bonchev–Trinajstić information content (AvgIpc) is 2.68. The first kappa shape index (κ1) is 22.4. The Morgan fingerprint density at radius 1 is 0.964 bits per heavy atom. The van der Waals surface area contributed by atoms with Crippen LogP contribution in [-0.2, 0) is 10.0 Å². The van der Waals surface area contributed by atoms with E-state index in [2.05, 4.69) is 5.32 Å². The molecule has 28 heavy (non-hydrogen) atoms. The maximum absolute atomic E-state index is 13.0. The molecule has 0 aromatic heterocycles. The van der Waals surface area contributed by atoms with Crippen LogP contribution in [0.25, 0.3) is 0 Å². The molecule has 2 rings (SSSR count). The molecule has 5 nitrogen and oxygen atoms in total. The van der Waals surface area contributed by atoms with Crippen LogP contribution < -0.4 is 5.32 Å². The zero-order valence-electron chi connectivity index (χ0n) is 16.3. The van der Waals surface area contributed by atoms with Crippen LogP contribution in [0.1, 0.15) is 49.9 Å². The Hall–Kier alpha value is -1.89. The van der Waals surface area contributed by atoms with Crippen LogP contribution in [0.2, 0.25) is 5.02 Å². The topological polar surface area (TPSA) is 66.5 Å². The van der Waals surface area contributed by atoms with E-state index in [0.717, 1.165) is 25.7 Å². The Bertz CT molecular complexity index is 875. The van der Waals surface area contributed by atoms with E-state index in [0.29, 0.717) is 29.4 Å². The van der Waals surface area contributed by atoms with Gasteiger partial charge in [-0.25, -0.2) is 8.42 Å². The molecule has 0 unspecified atom stereocenters. The molecule has 1 amide bonds. The lowest BCUT2D eigenvalue weighted by Crippen LogP contribution is -2.33. The number of rotatable bonds is 10. The summed E-state index contributed by atoms with van der Waals surface area (Å²) in [6, 6.07) is 13.0. The number of halogens is 1. The standard InChI is InChI=1S/C21H27ClN2O3S/c1-3-5-15-24(16-6-4-2)28(26,27)18-13-11-17(12-14-18)23-21(25)19-9-7-8-10-20(19)22/h7-14H,3-6,15-16H2,1-2H3,(H,23,25). The number of nitrogens with zero attached hydrogens (tertiary/aromatic N) is 1. The summed E-state index contributed by atoms with van der Waals surface area (Å²) in [5.74, 6) is -0.339. The molecule has 1 N–H and O–H groups in total. The van der Waals surface area contributed by atoms with Crippen molar-refractivity contribution in [1.29, 1.82) is 0 Å². The predicted octanol–water partition coefficient (Wildman–Crippen LogP) is 5.18. The van der Waals surface area contributed by atoms with Crippen molar-refractivity contribution in [2.45, 2.75) is 44.4 Å². The molecule has 0 aliphatic heterocycles. The molecule has 0 radical (unpaired) electrons. The van der Waals surface area contributed by atoms with Gasteiger partial charge >= 0.3 is 0 Å². The van der Waals surface area contributed by atoms with Crippen molar-refractivity contribution in [3.8, 4) is 0 Å². The summed E-state index contributed by atoms with van der Waals surface area (Å²) in [5, 5.41) is 3.11. The first-order valence-electron chi connectivity index (χ1n) is 9.56. The number of amides is 1. The molecule has 152 valence electrons. The van der Waals surface area contributed by atoms with E-state index in [4.69, 9.17) is 11.6 Å². The largest absolute Gasteiger partial charge is 0.322 e. The SMILES string of the molecule is CCCCN(CCCC)S(=O)(=O)c1ccc(NC(=O)c2ccccc2Cl)cc1. The fourth-order valence-electron chi connectivity index (χ4n) is 2.72. The Labute approximate surface area is 172 Å². The zero-order valence-corrected chi connectivity index (χ0v) is 17.9. The molecule has 0 spiro atoms. The quantitative estimate of drug-likeness (QED) is 0.573. The maximum Gasteiger partial charge on any atom is 0.257 e. The molecule has 2 aromatic rings. The molecule has 7 heteroatoms. The minimum Gasteiger partial charge on any atom is -0.322 e. The molecule has 2 aromatic carbocycles. The van der Waals surface area contributed by atoms with Crippen LogP contribution in [0.5, 0.6) is 0 Å². The van der Waals surface area contributed by atoms with E-state index < -0.39 is 10.0 Å². The Morgan fingerprint density at radius 2 is 1.54 bits per heavy atom. The molecule has 0 fully saturated rings. The Kier molecular flexibility index (Phi) is 8.48. The van der Waals surface area contributed by atoms with Crippen LogP contribution in [0, 0.1) is 0 Å². The van der Waals surface area contributed by atoms with Gasteiger partial charge < -0.3 is 5.32 Å². The summed E-state index contributed by atoms with van der Waals surface area (Å²) >= 11 is 6.04. The summed E-state index contributed by atoms with van der Waals surface area (Å²) in [4.78, 5) is 12.6. The Morgan fingerprint density at radius 3 is 2.07 bits per heavy atom. The molecular formula is C21H27ClN2O3S.